The topological polar surface area (TPSA) is 43.8 Å². The van der Waals surface area contributed by atoms with Gasteiger partial charge in [-0.3, -0.25) is 4.68 Å². The summed E-state index contributed by atoms with van der Waals surface area (Å²) in [5.74, 6) is -0.878. The van der Waals surface area contributed by atoms with Crippen LogP contribution in [0.4, 0.5) is 19.0 Å². The van der Waals surface area contributed by atoms with Gasteiger partial charge in [0.1, 0.15) is 10.4 Å². The number of hydrogen-bond donors (Lipinski definition) is 1. The molecule has 0 spiro atoms. The van der Waals surface area contributed by atoms with E-state index in [1.807, 2.05) is 0 Å². The van der Waals surface area contributed by atoms with Gasteiger partial charge in [-0.2, -0.15) is 18.3 Å². The molecule has 2 rings (SSSR count). The Morgan fingerprint density at radius 2 is 2.07 bits per heavy atom. The third-order valence-electron chi connectivity index (χ3n) is 2.63. The van der Waals surface area contributed by atoms with Crippen LogP contribution in [0.3, 0.4) is 0 Å². The molecule has 2 N–H and O–H groups in total. The molecular formula is C8H9BrF3N3. The van der Waals surface area contributed by atoms with Gasteiger partial charge in [0.05, 0.1) is 12.0 Å². The van der Waals surface area contributed by atoms with Crippen LogP contribution in [0.5, 0.6) is 0 Å². The molecule has 3 nitrogen and oxygen atoms in total. The summed E-state index contributed by atoms with van der Waals surface area (Å²) in [6.07, 6.45) is -3.91. The Bertz CT molecular complexity index is 368. The zero-order valence-corrected chi connectivity index (χ0v) is 9.22. The number of nitrogens with zero attached hydrogens (tertiary/aromatic N) is 2. The lowest BCUT2D eigenvalue weighted by Crippen LogP contribution is -2.37. The van der Waals surface area contributed by atoms with Crippen molar-refractivity contribution in [2.75, 3.05) is 5.73 Å². The summed E-state index contributed by atoms with van der Waals surface area (Å²) in [6, 6.07) is 1.39. The van der Waals surface area contributed by atoms with Crippen molar-refractivity contribution >= 4 is 21.7 Å². The predicted molar refractivity (Wildman–Crippen MR) is 52.2 cm³/mol. The van der Waals surface area contributed by atoms with Gasteiger partial charge >= 0.3 is 6.18 Å². The van der Waals surface area contributed by atoms with E-state index >= 15 is 0 Å². The Labute approximate surface area is 92.6 Å². The van der Waals surface area contributed by atoms with E-state index in [1.165, 1.54) is 4.68 Å². The summed E-state index contributed by atoms with van der Waals surface area (Å²) < 4.78 is 38.8. The number of hydrogen-bond acceptors (Lipinski definition) is 2. The molecule has 1 aromatic heterocycles. The lowest BCUT2D eigenvalue weighted by Gasteiger charge is -2.36. The van der Waals surface area contributed by atoms with Crippen molar-refractivity contribution < 1.29 is 13.2 Å². The molecule has 0 saturated heterocycles. The number of alkyl halides is 3. The first kappa shape index (κ1) is 10.8. The van der Waals surface area contributed by atoms with Crippen LogP contribution in [0.1, 0.15) is 18.9 Å². The Balaban J connectivity index is 2.03. The van der Waals surface area contributed by atoms with Crippen LogP contribution >= 0.6 is 15.9 Å². The maximum Gasteiger partial charge on any atom is 0.391 e. The van der Waals surface area contributed by atoms with Crippen LogP contribution in [-0.4, -0.2) is 16.0 Å². The zero-order valence-electron chi connectivity index (χ0n) is 7.63. The molecule has 1 heterocycles. The van der Waals surface area contributed by atoms with Gasteiger partial charge in [-0.05, 0) is 28.8 Å². The first-order chi connectivity index (χ1) is 6.88. The third-order valence-corrected chi connectivity index (χ3v) is 3.22. The summed E-state index contributed by atoms with van der Waals surface area (Å²) in [5.41, 5.74) is 5.43. The second-order valence-corrected chi connectivity index (χ2v) is 4.51. The number of anilines is 1. The average Bonchev–Trinajstić information content (AvgIpc) is 2.24. The maximum atomic E-state index is 12.2. The minimum absolute atomic E-state index is 0.0865. The molecule has 0 aliphatic heterocycles. The molecule has 15 heavy (non-hydrogen) atoms. The van der Waals surface area contributed by atoms with Crippen LogP contribution in [0.15, 0.2) is 10.7 Å². The van der Waals surface area contributed by atoms with E-state index in [2.05, 4.69) is 21.0 Å². The van der Waals surface area contributed by atoms with E-state index in [-0.39, 0.29) is 18.9 Å². The van der Waals surface area contributed by atoms with Crippen LogP contribution in [0.25, 0.3) is 0 Å². The van der Waals surface area contributed by atoms with Gasteiger partial charge in [0.15, 0.2) is 0 Å². The standard InChI is InChI=1S/C8H9BrF3N3/c9-6-3-7(13)14-15(6)5-1-4(2-5)8(10,11)12/h3-5H,1-2H2,(H2,13,14). The van der Waals surface area contributed by atoms with E-state index in [4.69, 9.17) is 5.73 Å². The summed E-state index contributed by atoms with van der Waals surface area (Å²) in [5, 5.41) is 3.93. The summed E-state index contributed by atoms with van der Waals surface area (Å²) in [4.78, 5) is 0. The van der Waals surface area contributed by atoms with Gasteiger partial charge in [-0.25, -0.2) is 0 Å². The highest BCUT2D eigenvalue weighted by molar-refractivity contribution is 9.10. The van der Waals surface area contributed by atoms with Crippen LogP contribution < -0.4 is 5.73 Å². The lowest BCUT2D eigenvalue weighted by molar-refractivity contribution is -0.203. The number of nitrogens with two attached hydrogens (primary N) is 1. The van der Waals surface area contributed by atoms with Gasteiger partial charge in [0.2, 0.25) is 0 Å². The number of rotatable bonds is 1. The first-order valence-electron chi connectivity index (χ1n) is 4.45. The molecular weight excluding hydrogens is 275 g/mol. The summed E-state index contributed by atoms with van der Waals surface area (Å²) >= 11 is 3.20. The van der Waals surface area contributed by atoms with Crippen LogP contribution in [0, 0.1) is 5.92 Å². The molecule has 1 aromatic rings. The second kappa shape index (κ2) is 3.40. The molecule has 0 radical (unpaired) electrons. The Hall–Kier alpha value is -0.720. The largest absolute Gasteiger partial charge is 0.391 e. The number of halogens is 4. The smallest absolute Gasteiger partial charge is 0.382 e. The third kappa shape index (κ3) is 1.97. The fourth-order valence-corrected chi connectivity index (χ4v) is 2.30. The van der Waals surface area contributed by atoms with E-state index in [1.54, 1.807) is 6.07 Å². The minimum atomic E-state index is -4.08. The van der Waals surface area contributed by atoms with E-state index in [0.29, 0.717) is 10.4 Å². The highest BCUT2D eigenvalue weighted by Crippen LogP contribution is 2.47. The quantitative estimate of drug-likeness (QED) is 0.861. The van der Waals surface area contributed by atoms with Crippen molar-refractivity contribution in [1.29, 1.82) is 0 Å². The first-order valence-corrected chi connectivity index (χ1v) is 5.24. The molecule has 0 amide bonds. The van der Waals surface area contributed by atoms with Gasteiger partial charge in [0, 0.05) is 6.07 Å². The minimum Gasteiger partial charge on any atom is -0.382 e. The Kier molecular flexibility index (Phi) is 2.44. The molecule has 0 unspecified atom stereocenters. The van der Waals surface area contributed by atoms with Crippen LogP contribution in [-0.2, 0) is 0 Å². The fraction of sp³-hybridized carbons (Fsp3) is 0.625. The van der Waals surface area contributed by atoms with Gasteiger partial charge in [0.25, 0.3) is 0 Å². The maximum absolute atomic E-state index is 12.2. The molecule has 1 aliphatic rings. The number of nitrogen functional groups attached to an aromatic ring is 1. The van der Waals surface area contributed by atoms with Gasteiger partial charge < -0.3 is 5.73 Å². The molecule has 7 heteroatoms. The fourth-order valence-electron chi connectivity index (χ4n) is 1.70. The SMILES string of the molecule is Nc1cc(Br)n(C2CC(C(F)(F)F)C2)n1. The van der Waals surface area contributed by atoms with Crippen molar-refractivity contribution in [2.24, 2.45) is 5.92 Å². The molecule has 0 bridgehead atoms. The normalized spacial score (nSPS) is 26.4. The summed E-state index contributed by atoms with van der Waals surface area (Å²) in [6.45, 7) is 0. The lowest BCUT2D eigenvalue weighted by atomic mass is 9.80. The Morgan fingerprint density at radius 1 is 1.47 bits per heavy atom. The van der Waals surface area contributed by atoms with Crippen molar-refractivity contribution in [3.05, 3.63) is 10.7 Å². The molecule has 0 atom stereocenters. The average molecular weight is 284 g/mol. The second-order valence-electron chi connectivity index (χ2n) is 3.70. The van der Waals surface area contributed by atoms with E-state index in [9.17, 15) is 13.2 Å². The highest BCUT2D eigenvalue weighted by Gasteiger charge is 2.49. The molecule has 0 aromatic carbocycles. The van der Waals surface area contributed by atoms with Gasteiger partial charge in [-0.1, -0.05) is 0 Å². The van der Waals surface area contributed by atoms with Gasteiger partial charge in [-0.15, -0.1) is 0 Å². The predicted octanol–water partition coefficient (Wildman–Crippen LogP) is 2.74. The van der Waals surface area contributed by atoms with Crippen molar-refractivity contribution in [3.63, 3.8) is 0 Å². The van der Waals surface area contributed by atoms with Crippen molar-refractivity contribution in [3.8, 4) is 0 Å². The van der Waals surface area contributed by atoms with E-state index in [0.717, 1.165) is 0 Å². The monoisotopic (exact) mass is 283 g/mol. The Morgan fingerprint density at radius 3 is 2.47 bits per heavy atom. The zero-order chi connectivity index (χ0) is 11.2. The van der Waals surface area contributed by atoms with Crippen molar-refractivity contribution in [2.45, 2.75) is 25.1 Å². The highest BCUT2D eigenvalue weighted by atomic mass is 79.9. The molecule has 84 valence electrons. The molecule has 1 aliphatic carbocycles. The number of aromatic nitrogens is 2. The van der Waals surface area contributed by atoms with Crippen LogP contribution in [0.2, 0.25) is 0 Å². The van der Waals surface area contributed by atoms with E-state index < -0.39 is 12.1 Å². The van der Waals surface area contributed by atoms with Crippen molar-refractivity contribution in [1.82, 2.24) is 9.78 Å². The molecule has 1 saturated carbocycles. The summed E-state index contributed by atoms with van der Waals surface area (Å²) in [7, 11) is 0. The molecule has 1 fully saturated rings.